The number of nitrogens with one attached hydrogen (secondary N) is 1. The van der Waals surface area contributed by atoms with Crippen LogP contribution in [0, 0.1) is 6.92 Å². The van der Waals surface area contributed by atoms with Crippen LogP contribution in [0.25, 0.3) is 0 Å². The lowest BCUT2D eigenvalue weighted by molar-refractivity contribution is 0.453. The number of halogens is 1. The first-order valence-electron chi connectivity index (χ1n) is 7.42. The van der Waals surface area contributed by atoms with Gasteiger partial charge < -0.3 is 10.1 Å². The molecule has 0 radical (unpaired) electrons. The average Bonchev–Trinajstić information content (AvgIpc) is 2.49. The summed E-state index contributed by atoms with van der Waals surface area (Å²) in [6, 6.07) is 14.2. The minimum Gasteiger partial charge on any atom is -0.455 e. The second-order valence-electron chi connectivity index (χ2n) is 5.09. The zero-order valence-corrected chi connectivity index (χ0v) is 13.6. The summed E-state index contributed by atoms with van der Waals surface area (Å²) in [6.45, 7) is 7.24. The highest BCUT2D eigenvalue weighted by molar-refractivity contribution is 6.32. The Labute approximate surface area is 132 Å². The third kappa shape index (κ3) is 3.99. The topological polar surface area (TPSA) is 21.3 Å². The van der Waals surface area contributed by atoms with Crippen LogP contribution in [0.15, 0.2) is 42.5 Å². The predicted octanol–water partition coefficient (Wildman–Crippen LogP) is 5.50. The fourth-order valence-corrected chi connectivity index (χ4v) is 2.55. The van der Waals surface area contributed by atoms with E-state index in [9.17, 15) is 0 Å². The smallest absolute Gasteiger partial charge is 0.146 e. The van der Waals surface area contributed by atoms with Crippen molar-refractivity contribution in [1.29, 1.82) is 0 Å². The van der Waals surface area contributed by atoms with E-state index < -0.39 is 0 Å². The molecule has 2 rings (SSSR count). The summed E-state index contributed by atoms with van der Waals surface area (Å²) in [5.41, 5.74) is 2.30. The number of hydrogen-bond acceptors (Lipinski definition) is 2. The van der Waals surface area contributed by atoms with Gasteiger partial charge in [-0.2, -0.15) is 0 Å². The van der Waals surface area contributed by atoms with Gasteiger partial charge in [-0.1, -0.05) is 49.7 Å². The lowest BCUT2D eigenvalue weighted by Gasteiger charge is -2.20. The zero-order chi connectivity index (χ0) is 15.2. The minimum atomic E-state index is 0.287. The highest BCUT2D eigenvalue weighted by Gasteiger charge is 2.14. The summed E-state index contributed by atoms with van der Waals surface area (Å²) in [7, 11) is 0. The molecule has 1 atom stereocenters. The standard InChI is InChI=1S/C18H22ClNO/c1-4-16(20-5-2)14-8-6-7-9-17(14)21-18-12-13(3)10-11-15(18)19/h6-12,16,20H,4-5H2,1-3H3. The molecule has 0 heterocycles. The third-order valence-corrected chi connectivity index (χ3v) is 3.77. The fraction of sp³-hybridized carbons (Fsp3) is 0.333. The van der Waals surface area contributed by atoms with E-state index in [1.165, 1.54) is 5.56 Å². The van der Waals surface area contributed by atoms with Crippen molar-refractivity contribution in [3.63, 3.8) is 0 Å². The summed E-state index contributed by atoms with van der Waals surface area (Å²) in [5.74, 6) is 1.56. The average molecular weight is 304 g/mol. The maximum atomic E-state index is 6.23. The van der Waals surface area contributed by atoms with Gasteiger partial charge in [0, 0.05) is 11.6 Å². The summed E-state index contributed by atoms with van der Waals surface area (Å²) in [6.07, 6.45) is 1.01. The number of hydrogen-bond donors (Lipinski definition) is 1. The van der Waals surface area contributed by atoms with E-state index in [4.69, 9.17) is 16.3 Å². The second-order valence-corrected chi connectivity index (χ2v) is 5.50. The maximum Gasteiger partial charge on any atom is 0.146 e. The summed E-state index contributed by atoms with van der Waals surface area (Å²) in [5, 5.41) is 4.12. The molecule has 0 aliphatic rings. The van der Waals surface area contributed by atoms with E-state index in [0.29, 0.717) is 10.8 Å². The summed E-state index contributed by atoms with van der Waals surface area (Å²) in [4.78, 5) is 0. The molecular weight excluding hydrogens is 282 g/mol. The molecule has 2 nitrogen and oxygen atoms in total. The van der Waals surface area contributed by atoms with E-state index in [2.05, 4.69) is 25.2 Å². The van der Waals surface area contributed by atoms with Gasteiger partial charge in [0.1, 0.15) is 11.5 Å². The molecule has 112 valence electrons. The van der Waals surface area contributed by atoms with Crippen LogP contribution in [0.4, 0.5) is 0 Å². The molecule has 0 amide bonds. The zero-order valence-electron chi connectivity index (χ0n) is 12.8. The van der Waals surface area contributed by atoms with Crippen molar-refractivity contribution in [3.05, 3.63) is 58.6 Å². The number of ether oxygens (including phenoxy) is 1. The molecule has 0 aliphatic carbocycles. The predicted molar refractivity (Wildman–Crippen MR) is 89.4 cm³/mol. The quantitative estimate of drug-likeness (QED) is 0.760. The fourth-order valence-electron chi connectivity index (χ4n) is 2.39. The van der Waals surface area contributed by atoms with Crippen molar-refractivity contribution < 1.29 is 4.74 Å². The normalized spacial score (nSPS) is 12.2. The molecule has 1 unspecified atom stereocenters. The van der Waals surface area contributed by atoms with Crippen LogP contribution in [-0.2, 0) is 0 Å². The Morgan fingerprint density at radius 1 is 1.10 bits per heavy atom. The molecule has 0 aromatic heterocycles. The van der Waals surface area contributed by atoms with E-state index in [1.54, 1.807) is 0 Å². The van der Waals surface area contributed by atoms with Crippen LogP contribution in [0.5, 0.6) is 11.5 Å². The van der Waals surface area contributed by atoms with Gasteiger partial charge in [0.25, 0.3) is 0 Å². The molecule has 1 N–H and O–H groups in total. The van der Waals surface area contributed by atoms with E-state index in [0.717, 1.165) is 24.3 Å². The van der Waals surface area contributed by atoms with E-state index >= 15 is 0 Å². The van der Waals surface area contributed by atoms with Crippen LogP contribution in [0.3, 0.4) is 0 Å². The van der Waals surface area contributed by atoms with Gasteiger partial charge in [-0.05, 0) is 43.7 Å². The van der Waals surface area contributed by atoms with Crippen molar-refractivity contribution in [1.82, 2.24) is 5.32 Å². The molecule has 3 heteroatoms. The monoisotopic (exact) mass is 303 g/mol. The molecule has 0 fully saturated rings. The molecule has 0 saturated carbocycles. The van der Waals surface area contributed by atoms with Crippen molar-refractivity contribution in [3.8, 4) is 11.5 Å². The first kappa shape index (κ1) is 15.9. The number of benzene rings is 2. The molecule has 21 heavy (non-hydrogen) atoms. The molecule has 0 bridgehead atoms. The molecule has 0 saturated heterocycles. The van der Waals surface area contributed by atoms with Crippen molar-refractivity contribution >= 4 is 11.6 Å². The van der Waals surface area contributed by atoms with E-state index in [-0.39, 0.29) is 6.04 Å². The van der Waals surface area contributed by atoms with Gasteiger partial charge in [0.05, 0.1) is 5.02 Å². The molecule has 2 aromatic rings. The Kier molecular flexibility index (Phi) is 5.66. The first-order valence-corrected chi connectivity index (χ1v) is 7.79. The highest BCUT2D eigenvalue weighted by Crippen LogP contribution is 2.34. The van der Waals surface area contributed by atoms with Gasteiger partial charge in [-0.15, -0.1) is 0 Å². The van der Waals surface area contributed by atoms with Gasteiger partial charge in [-0.25, -0.2) is 0 Å². The van der Waals surface area contributed by atoms with Crippen LogP contribution >= 0.6 is 11.6 Å². The molecule has 0 spiro atoms. The molecule has 2 aromatic carbocycles. The van der Waals surface area contributed by atoms with Crippen molar-refractivity contribution in [2.75, 3.05) is 6.54 Å². The number of rotatable bonds is 6. The lowest BCUT2D eigenvalue weighted by atomic mass is 10.0. The molecular formula is C18H22ClNO. The third-order valence-electron chi connectivity index (χ3n) is 3.46. The lowest BCUT2D eigenvalue weighted by Crippen LogP contribution is -2.20. The Morgan fingerprint density at radius 3 is 2.57 bits per heavy atom. The van der Waals surface area contributed by atoms with Crippen molar-refractivity contribution in [2.24, 2.45) is 0 Å². The van der Waals surface area contributed by atoms with Crippen LogP contribution in [-0.4, -0.2) is 6.54 Å². The van der Waals surface area contributed by atoms with Crippen molar-refractivity contribution in [2.45, 2.75) is 33.2 Å². The van der Waals surface area contributed by atoms with Gasteiger partial charge in [0.15, 0.2) is 0 Å². The second kappa shape index (κ2) is 7.48. The van der Waals surface area contributed by atoms with Gasteiger partial charge in [0.2, 0.25) is 0 Å². The highest BCUT2D eigenvalue weighted by atomic mass is 35.5. The SMILES string of the molecule is CCNC(CC)c1ccccc1Oc1cc(C)ccc1Cl. The first-order chi connectivity index (χ1) is 10.2. The Bertz CT molecular complexity index is 598. The number of aryl methyl sites for hydroxylation is 1. The minimum absolute atomic E-state index is 0.287. The largest absolute Gasteiger partial charge is 0.455 e. The number of para-hydroxylation sites is 1. The Morgan fingerprint density at radius 2 is 1.86 bits per heavy atom. The molecule has 0 aliphatic heterocycles. The maximum absolute atomic E-state index is 6.23. The van der Waals surface area contributed by atoms with Gasteiger partial charge in [-0.3, -0.25) is 0 Å². The summed E-state index contributed by atoms with van der Waals surface area (Å²) >= 11 is 6.23. The summed E-state index contributed by atoms with van der Waals surface area (Å²) < 4.78 is 6.08. The van der Waals surface area contributed by atoms with E-state index in [1.807, 2.05) is 43.3 Å². The van der Waals surface area contributed by atoms with Crippen LogP contribution < -0.4 is 10.1 Å². The Hall–Kier alpha value is -1.51. The Balaban J connectivity index is 2.33. The van der Waals surface area contributed by atoms with Gasteiger partial charge >= 0.3 is 0 Å². The van der Waals surface area contributed by atoms with Crippen LogP contribution in [0.1, 0.15) is 37.4 Å². The van der Waals surface area contributed by atoms with Crippen LogP contribution in [0.2, 0.25) is 5.02 Å².